The summed E-state index contributed by atoms with van der Waals surface area (Å²) >= 11 is 1.27. The summed E-state index contributed by atoms with van der Waals surface area (Å²) in [4.78, 5) is 82.9. The third kappa shape index (κ3) is 8.03. The highest BCUT2D eigenvalue weighted by Crippen LogP contribution is 2.44. The first-order chi connectivity index (χ1) is 32.8. The molecule has 0 radical (unpaired) electrons. The Hall–Kier alpha value is -6.73. The number of fused-ring (bicyclic) bond motifs is 2. The van der Waals surface area contributed by atoms with Crippen molar-refractivity contribution in [1.82, 2.24) is 29.7 Å². The summed E-state index contributed by atoms with van der Waals surface area (Å²) in [6.45, 7) is 4.52. The number of urea groups is 1. The number of amides is 6. The minimum Gasteiger partial charge on any atom is -0.389 e. The number of rotatable bonds is 10. The topological polar surface area (TPSA) is 177 Å². The van der Waals surface area contributed by atoms with E-state index in [9.17, 15) is 29.1 Å². The van der Waals surface area contributed by atoms with Gasteiger partial charge in [-0.05, 0) is 92.1 Å². The first kappa shape index (κ1) is 43.8. The number of benzene rings is 3. The Balaban J connectivity index is 0.678. The number of hydrogen-bond donors (Lipinski definition) is 3. The number of aromatic nitrogens is 3. The highest BCUT2D eigenvalue weighted by atomic mass is 32.1. The molecule has 8 heterocycles. The van der Waals surface area contributed by atoms with Crippen molar-refractivity contribution >= 4 is 63.2 Å². The molecule has 1 atom stereocenters. The highest BCUT2D eigenvalue weighted by molar-refractivity contribution is 7.13. The van der Waals surface area contributed by atoms with Crippen molar-refractivity contribution in [3.63, 3.8) is 0 Å². The number of anilines is 4. The van der Waals surface area contributed by atoms with Crippen LogP contribution in [-0.2, 0) is 33.9 Å². The number of imidazole rings is 1. The number of carbonyl (C=O) groups is 5. The lowest BCUT2D eigenvalue weighted by Gasteiger charge is -2.55. The number of aliphatic hydroxyl groups is 1. The van der Waals surface area contributed by atoms with Gasteiger partial charge in [0, 0.05) is 104 Å². The van der Waals surface area contributed by atoms with Crippen LogP contribution in [0.1, 0.15) is 78.3 Å². The van der Waals surface area contributed by atoms with Crippen LogP contribution < -0.4 is 25.3 Å². The van der Waals surface area contributed by atoms with E-state index in [1.165, 1.54) is 33.3 Å². The number of carbonyl (C=O) groups excluding carboxylic acids is 5. The molecule has 0 aliphatic carbocycles. The fourth-order valence-electron chi connectivity index (χ4n) is 11.0. The largest absolute Gasteiger partial charge is 0.389 e. The SMILES string of the molecule is O=C1CCN(c2ccc(N3CCC(O)(CC(=O)N4CCC5(CC4)CN(c4ccc(-c6cc(F)c7c(c6)C(=O)N(C(C(=O)Nc6nccs6)c6ncn8c6CCC8)C7)cc4)C5)CC3)c(F)c2)C(=O)N1. The van der Waals surface area contributed by atoms with Crippen molar-refractivity contribution in [2.75, 3.05) is 65.8 Å². The smallest absolute Gasteiger partial charge is 0.328 e. The third-order valence-electron chi connectivity index (χ3n) is 14.9. The number of likely N-dealkylation sites (tertiary alicyclic amines) is 1. The lowest BCUT2D eigenvalue weighted by atomic mass is 9.71. The van der Waals surface area contributed by atoms with Crippen LogP contribution in [0.3, 0.4) is 0 Å². The van der Waals surface area contributed by atoms with Crippen LogP contribution in [0.25, 0.3) is 11.1 Å². The van der Waals surface area contributed by atoms with Crippen molar-refractivity contribution in [3.8, 4) is 11.1 Å². The third-order valence-corrected chi connectivity index (χ3v) is 15.6. The number of hydrogen-bond acceptors (Lipinski definition) is 11. The second-order valence-corrected chi connectivity index (χ2v) is 20.0. The minimum atomic E-state index is -1.19. The summed E-state index contributed by atoms with van der Waals surface area (Å²) in [6.07, 6.45) is 7.39. The zero-order valence-electron chi connectivity index (χ0n) is 37.3. The number of aryl methyl sites for hydroxylation is 1. The molecule has 1 unspecified atom stereocenters. The summed E-state index contributed by atoms with van der Waals surface area (Å²) in [6, 6.07) is 13.9. The molecule has 3 aromatic carbocycles. The average Bonchev–Trinajstić information content (AvgIpc) is 4.14. The molecule has 1 spiro atoms. The number of nitrogens with one attached hydrogen (secondary N) is 2. The average molecular weight is 945 g/mol. The van der Waals surface area contributed by atoms with Crippen LogP contribution >= 0.6 is 11.3 Å². The maximum absolute atomic E-state index is 16.0. The molecular formula is C49H50F2N10O6S. The van der Waals surface area contributed by atoms with E-state index in [-0.39, 0.29) is 54.3 Å². The monoisotopic (exact) mass is 944 g/mol. The zero-order valence-corrected chi connectivity index (χ0v) is 38.1. The van der Waals surface area contributed by atoms with Crippen LogP contribution in [0.5, 0.6) is 0 Å². The molecule has 68 heavy (non-hydrogen) atoms. The van der Waals surface area contributed by atoms with Gasteiger partial charge in [0.2, 0.25) is 11.8 Å². The second kappa shape index (κ2) is 17.1. The Labute approximate surface area is 394 Å². The molecule has 19 heteroatoms. The lowest BCUT2D eigenvalue weighted by Crippen LogP contribution is -2.61. The summed E-state index contributed by atoms with van der Waals surface area (Å²) in [5.74, 6) is -2.33. The maximum atomic E-state index is 16.0. The molecule has 4 saturated heterocycles. The van der Waals surface area contributed by atoms with Gasteiger partial charge in [0.1, 0.15) is 11.6 Å². The molecule has 0 bridgehead atoms. The summed E-state index contributed by atoms with van der Waals surface area (Å²) in [7, 11) is 0. The predicted octanol–water partition coefficient (Wildman–Crippen LogP) is 5.86. The van der Waals surface area contributed by atoms with E-state index < -0.39 is 41.1 Å². The van der Waals surface area contributed by atoms with E-state index in [2.05, 4.69) is 25.5 Å². The Bertz CT molecular complexity index is 2830. The number of imide groups is 1. The minimum absolute atomic E-state index is 0.00960. The molecule has 6 aliphatic heterocycles. The van der Waals surface area contributed by atoms with Crippen LogP contribution in [0.4, 0.5) is 35.8 Å². The maximum Gasteiger partial charge on any atom is 0.328 e. The van der Waals surface area contributed by atoms with Crippen LogP contribution in [-0.4, -0.2) is 111 Å². The summed E-state index contributed by atoms with van der Waals surface area (Å²) in [5.41, 5.74) is 3.83. The first-order valence-corrected chi connectivity index (χ1v) is 24.1. The van der Waals surface area contributed by atoms with Gasteiger partial charge in [-0.25, -0.2) is 23.5 Å². The van der Waals surface area contributed by atoms with Crippen LogP contribution in [0.2, 0.25) is 0 Å². The molecule has 6 aliphatic rings. The normalized spacial score (nSPS) is 20.0. The number of nitrogens with zero attached hydrogens (tertiary/aromatic N) is 8. The first-order valence-electron chi connectivity index (χ1n) is 23.2. The van der Waals surface area contributed by atoms with Gasteiger partial charge >= 0.3 is 6.03 Å². The van der Waals surface area contributed by atoms with E-state index in [1.807, 2.05) is 38.6 Å². The lowest BCUT2D eigenvalue weighted by molar-refractivity contribution is -0.140. The molecule has 6 amide bonds. The van der Waals surface area contributed by atoms with Crippen molar-refractivity contribution in [1.29, 1.82) is 0 Å². The molecule has 3 N–H and O–H groups in total. The number of halogens is 2. The molecule has 2 aromatic heterocycles. The number of thiazole rings is 1. The standard InChI is InChI=1S/C49H50F2N10O6S/c50-36-23-31(22-34-35(36)26-61(45(34)65)43(44(64)55-46-52-14-21-68-46)42-39-2-1-15-58(39)29-53-42)30-3-5-32(6-4-30)59-27-48(28-59)10-17-57(18-11-48)41(63)25-49(67)12-19-56(20-13-49)38-8-7-33(24-37(38)51)60-16-9-40(62)54-47(60)66/h3-8,14,21-24,29,43,67H,1-2,9-13,15-20,25-28H2,(H,52,55,64)(H,54,62,66). The van der Waals surface area contributed by atoms with Crippen LogP contribution in [0.15, 0.2) is 72.5 Å². The van der Waals surface area contributed by atoms with E-state index in [4.69, 9.17) is 0 Å². The molecule has 16 nitrogen and oxygen atoms in total. The van der Waals surface area contributed by atoms with Crippen molar-refractivity contribution in [3.05, 3.63) is 107 Å². The van der Waals surface area contributed by atoms with Gasteiger partial charge in [-0.3, -0.25) is 34.7 Å². The summed E-state index contributed by atoms with van der Waals surface area (Å²) in [5, 5.41) is 18.7. The number of piperidine rings is 2. The Morgan fingerprint density at radius 2 is 1.60 bits per heavy atom. The Kier molecular flexibility index (Phi) is 11.0. The van der Waals surface area contributed by atoms with Crippen molar-refractivity contribution in [2.45, 2.75) is 76.1 Å². The van der Waals surface area contributed by atoms with Gasteiger partial charge in [-0.15, -0.1) is 11.3 Å². The van der Waals surface area contributed by atoms with Crippen molar-refractivity contribution in [2.24, 2.45) is 5.41 Å². The molecule has 0 saturated carbocycles. The van der Waals surface area contributed by atoms with Gasteiger partial charge in [0.05, 0.1) is 36.3 Å². The second-order valence-electron chi connectivity index (χ2n) is 19.1. The summed E-state index contributed by atoms with van der Waals surface area (Å²) < 4.78 is 33.3. The van der Waals surface area contributed by atoms with Gasteiger partial charge in [-0.2, -0.15) is 0 Å². The molecular weight excluding hydrogens is 895 g/mol. The molecule has 4 fully saturated rings. The van der Waals surface area contributed by atoms with Gasteiger partial charge in [-0.1, -0.05) is 12.1 Å². The van der Waals surface area contributed by atoms with E-state index in [0.29, 0.717) is 66.8 Å². The van der Waals surface area contributed by atoms with Crippen LogP contribution in [0, 0.1) is 17.0 Å². The fourth-order valence-corrected chi connectivity index (χ4v) is 11.5. The quantitative estimate of drug-likeness (QED) is 0.154. The zero-order chi connectivity index (χ0) is 46.9. The Morgan fingerprint density at radius 1 is 0.838 bits per heavy atom. The predicted molar refractivity (Wildman–Crippen MR) is 249 cm³/mol. The molecule has 352 valence electrons. The van der Waals surface area contributed by atoms with E-state index in [0.717, 1.165) is 62.3 Å². The van der Waals surface area contributed by atoms with Gasteiger partial charge in [0.25, 0.3) is 11.8 Å². The Morgan fingerprint density at radius 3 is 2.32 bits per heavy atom. The van der Waals surface area contributed by atoms with E-state index >= 15 is 8.78 Å². The fraction of sp³-hybridized carbons (Fsp3) is 0.408. The van der Waals surface area contributed by atoms with Crippen molar-refractivity contribution < 1.29 is 37.9 Å². The van der Waals surface area contributed by atoms with Gasteiger partial charge < -0.3 is 29.3 Å². The molecule has 11 rings (SSSR count). The molecule has 5 aromatic rings. The highest BCUT2D eigenvalue weighted by Gasteiger charge is 2.47. The van der Waals surface area contributed by atoms with E-state index in [1.54, 1.807) is 36.1 Å². The van der Waals surface area contributed by atoms with Gasteiger partial charge in [0.15, 0.2) is 11.2 Å².